The van der Waals surface area contributed by atoms with Crippen LogP contribution in [0.5, 0.6) is 5.75 Å². The molecule has 0 saturated carbocycles. The number of para-hydroxylation sites is 1. The third-order valence-corrected chi connectivity index (χ3v) is 6.12. The molecule has 0 unspecified atom stereocenters. The number of hydrogen-bond donors (Lipinski definition) is 1. The second-order valence-electron chi connectivity index (χ2n) is 7.31. The fourth-order valence-electron chi connectivity index (χ4n) is 3.16. The number of benzene rings is 3. The summed E-state index contributed by atoms with van der Waals surface area (Å²) in [5.74, 6) is 1.82. The van der Waals surface area contributed by atoms with Crippen molar-refractivity contribution in [2.24, 2.45) is 5.10 Å². The summed E-state index contributed by atoms with van der Waals surface area (Å²) in [4.78, 5) is 13.9. The number of amides is 1. The van der Waals surface area contributed by atoms with E-state index >= 15 is 0 Å². The zero-order valence-electron chi connectivity index (χ0n) is 18.2. The topological polar surface area (TPSA) is 63.8 Å². The summed E-state index contributed by atoms with van der Waals surface area (Å²) < 4.78 is 11.5. The molecular formula is C27H24N2O3S. The molecule has 6 heteroatoms. The van der Waals surface area contributed by atoms with Gasteiger partial charge in [0.1, 0.15) is 29.1 Å². The first-order chi connectivity index (χ1) is 16.2. The van der Waals surface area contributed by atoms with E-state index in [-0.39, 0.29) is 5.91 Å². The van der Waals surface area contributed by atoms with Crippen LogP contribution >= 0.6 is 11.8 Å². The van der Waals surface area contributed by atoms with Crippen molar-refractivity contribution in [3.05, 3.63) is 120 Å². The van der Waals surface area contributed by atoms with E-state index in [1.165, 1.54) is 18.0 Å². The molecule has 0 aliphatic rings. The first-order valence-corrected chi connectivity index (χ1v) is 11.4. The second-order valence-corrected chi connectivity index (χ2v) is 8.49. The summed E-state index contributed by atoms with van der Waals surface area (Å²) in [5, 5.41) is 3.67. The predicted octanol–water partition coefficient (Wildman–Crippen LogP) is 6.15. The summed E-state index contributed by atoms with van der Waals surface area (Å²) in [6.07, 6.45) is 1.49. The molecule has 4 aromatic rings. The van der Waals surface area contributed by atoms with E-state index in [2.05, 4.69) is 10.5 Å². The van der Waals surface area contributed by atoms with Gasteiger partial charge in [-0.2, -0.15) is 5.10 Å². The molecule has 0 radical (unpaired) electrons. The molecule has 1 amide bonds. The Bertz CT molecular complexity index is 1210. The fourth-order valence-corrected chi connectivity index (χ4v) is 4.20. The van der Waals surface area contributed by atoms with Crippen LogP contribution in [0.15, 0.2) is 111 Å². The largest absolute Gasteiger partial charge is 0.485 e. The Labute approximate surface area is 197 Å². The molecule has 0 aliphatic carbocycles. The minimum Gasteiger partial charge on any atom is -0.485 e. The van der Waals surface area contributed by atoms with Crippen LogP contribution in [-0.2, 0) is 11.4 Å². The average molecular weight is 457 g/mol. The number of carbonyl (C=O) groups is 1. The number of ether oxygens (including phenoxy) is 1. The van der Waals surface area contributed by atoms with Crippen LogP contribution in [-0.4, -0.2) is 12.1 Å². The van der Waals surface area contributed by atoms with Crippen molar-refractivity contribution in [2.75, 3.05) is 0 Å². The fraction of sp³-hybridized carbons (Fsp3) is 0.111. The Morgan fingerprint density at radius 1 is 0.970 bits per heavy atom. The van der Waals surface area contributed by atoms with E-state index < -0.39 is 5.25 Å². The van der Waals surface area contributed by atoms with E-state index in [0.29, 0.717) is 18.1 Å². The molecule has 33 heavy (non-hydrogen) atoms. The maximum atomic E-state index is 12.9. The molecule has 5 nitrogen and oxygen atoms in total. The molecule has 166 valence electrons. The second kappa shape index (κ2) is 11.2. The van der Waals surface area contributed by atoms with Gasteiger partial charge in [-0.3, -0.25) is 4.79 Å². The van der Waals surface area contributed by atoms with Gasteiger partial charge in [0.2, 0.25) is 0 Å². The average Bonchev–Trinajstić information content (AvgIpc) is 3.31. The van der Waals surface area contributed by atoms with Crippen LogP contribution in [0.25, 0.3) is 0 Å². The summed E-state index contributed by atoms with van der Waals surface area (Å²) >= 11 is 1.48. The third-order valence-electron chi connectivity index (χ3n) is 4.85. The van der Waals surface area contributed by atoms with Crippen LogP contribution in [0.4, 0.5) is 0 Å². The van der Waals surface area contributed by atoms with Gasteiger partial charge in [0.05, 0.1) is 6.21 Å². The number of thioether (sulfide) groups is 1. The van der Waals surface area contributed by atoms with E-state index in [9.17, 15) is 4.79 Å². The van der Waals surface area contributed by atoms with Crippen molar-refractivity contribution in [1.82, 2.24) is 5.43 Å². The van der Waals surface area contributed by atoms with Crippen LogP contribution in [0.3, 0.4) is 0 Å². The molecule has 1 heterocycles. The van der Waals surface area contributed by atoms with E-state index in [0.717, 1.165) is 21.8 Å². The van der Waals surface area contributed by atoms with Gasteiger partial charge in [0, 0.05) is 4.90 Å². The highest BCUT2D eigenvalue weighted by Crippen LogP contribution is 2.35. The maximum Gasteiger partial charge on any atom is 0.258 e. The van der Waals surface area contributed by atoms with Crippen LogP contribution in [0.2, 0.25) is 0 Å². The maximum absolute atomic E-state index is 12.9. The van der Waals surface area contributed by atoms with Crippen molar-refractivity contribution in [1.29, 1.82) is 0 Å². The Hall–Kier alpha value is -3.77. The van der Waals surface area contributed by atoms with Crippen molar-refractivity contribution >= 4 is 23.9 Å². The lowest BCUT2D eigenvalue weighted by Crippen LogP contribution is -2.23. The number of rotatable bonds is 9. The van der Waals surface area contributed by atoms with Gasteiger partial charge in [-0.15, -0.1) is 11.8 Å². The molecule has 0 aliphatic heterocycles. The van der Waals surface area contributed by atoms with Gasteiger partial charge in [0.25, 0.3) is 5.91 Å². The Kier molecular flexibility index (Phi) is 7.61. The van der Waals surface area contributed by atoms with Gasteiger partial charge in [0.15, 0.2) is 0 Å². The van der Waals surface area contributed by atoms with E-state index in [1.807, 2.05) is 97.9 Å². The number of hydrazone groups is 1. The molecule has 4 rings (SSSR count). The molecule has 0 spiro atoms. The lowest BCUT2D eigenvalue weighted by Gasteiger charge is -2.15. The van der Waals surface area contributed by atoms with Crippen molar-refractivity contribution in [3.8, 4) is 5.75 Å². The quantitative estimate of drug-likeness (QED) is 0.186. The Morgan fingerprint density at radius 2 is 1.67 bits per heavy atom. The number of hydrogen-bond acceptors (Lipinski definition) is 5. The normalized spacial score (nSPS) is 11.9. The molecular weight excluding hydrogens is 432 g/mol. The number of nitrogens with zero attached hydrogens (tertiary/aromatic N) is 1. The molecule has 0 fully saturated rings. The van der Waals surface area contributed by atoms with Crippen molar-refractivity contribution < 1.29 is 13.9 Å². The zero-order valence-corrected chi connectivity index (χ0v) is 19.0. The monoisotopic (exact) mass is 456 g/mol. The van der Waals surface area contributed by atoms with E-state index in [4.69, 9.17) is 9.15 Å². The molecule has 3 aromatic carbocycles. The van der Waals surface area contributed by atoms with Gasteiger partial charge in [-0.05, 0) is 48.4 Å². The van der Waals surface area contributed by atoms with Crippen molar-refractivity contribution in [2.45, 2.75) is 23.7 Å². The van der Waals surface area contributed by atoms with Crippen molar-refractivity contribution in [3.63, 3.8) is 0 Å². The summed E-state index contributed by atoms with van der Waals surface area (Å²) in [7, 11) is 0. The Balaban J connectivity index is 1.37. The SMILES string of the molecule is Cc1ccccc1OCc1ccc(/C=N\NC(=O)[C@H](Sc2ccccc2)c2ccccc2)o1. The molecule has 1 atom stereocenters. The number of aryl methyl sites for hydroxylation is 1. The summed E-state index contributed by atoms with van der Waals surface area (Å²) in [5.41, 5.74) is 4.62. The lowest BCUT2D eigenvalue weighted by atomic mass is 10.1. The third kappa shape index (κ3) is 6.37. The summed E-state index contributed by atoms with van der Waals surface area (Å²) in [6, 6.07) is 31.0. The van der Waals surface area contributed by atoms with Crippen LogP contribution in [0, 0.1) is 6.92 Å². The highest BCUT2D eigenvalue weighted by molar-refractivity contribution is 8.00. The highest BCUT2D eigenvalue weighted by atomic mass is 32.2. The van der Waals surface area contributed by atoms with E-state index in [1.54, 1.807) is 6.07 Å². The minimum absolute atomic E-state index is 0.207. The number of nitrogens with one attached hydrogen (secondary N) is 1. The van der Waals surface area contributed by atoms with Crippen LogP contribution < -0.4 is 10.2 Å². The minimum atomic E-state index is -0.430. The molecule has 1 aromatic heterocycles. The predicted molar refractivity (Wildman–Crippen MR) is 131 cm³/mol. The first kappa shape index (κ1) is 22.4. The Morgan fingerprint density at radius 3 is 2.42 bits per heavy atom. The van der Waals surface area contributed by atoms with Crippen LogP contribution in [0.1, 0.15) is 27.9 Å². The highest BCUT2D eigenvalue weighted by Gasteiger charge is 2.21. The molecule has 1 N–H and O–H groups in total. The number of furan rings is 1. The lowest BCUT2D eigenvalue weighted by molar-refractivity contribution is -0.120. The molecule has 0 bridgehead atoms. The zero-order chi connectivity index (χ0) is 22.9. The first-order valence-electron chi connectivity index (χ1n) is 10.6. The van der Waals surface area contributed by atoms with Gasteiger partial charge in [-0.1, -0.05) is 66.7 Å². The smallest absolute Gasteiger partial charge is 0.258 e. The van der Waals surface area contributed by atoms with Gasteiger partial charge < -0.3 is 9.15 Å². The van der Waals surface area contributed by atoms with Gasteiger partial charge >= 0.3 is 0 Å². The summed E-state index contributed by atoms with van der Waals surface area (Å²) in [6.45, 7) is 2.31. The number of carbonyl (C=O) groups excluding carboxylic acids is 1. The standard InChI is InChI=1S/C27H24N2O3S/c1-20-10-8-9-15-25(20)31-19-23-17-16-22(32-23)18-28-29-27(30)26(21-11-4-2-5-12-21)33-24-13-6-3-7-14-24/h2-18,26H,19H2,1H3,(H,29,30)/b28-18-/t26-/m1/s1. The molecule has 0 saturated heterocycles. The van der Waals surface area contributed by atoms with Gasteiger partial charge in [-0.25, -0.2) is 5.43 Å².